The van der Waals surface area contributed by atoms with Gasteiger partial charge in [-0.05, 0) is 12.1 Å². The van der Waals surface area contributed by atoms with Crippen LogP contribution in [0.5, 0.6) is 0 Å². The molecule has 2 N–H and O–H groups in total. The highest BCUT2D eigenvalue weighted by molar-refractivity contribution is 5.89. The summed E-state index contributed by atoms with van der Waals surface area (Å²) in [7, 11) is 1.51. The molecular formula is C11H11F2N5O. The molecule has 2 rings (SSSR count). The summed E-state index contributed by atoms with van der Waals surface area (Å²) in [6.45, 7) is 0.189. The van der Waals surface area contributed by atoms with E-state index in [9.17, 15) is 13.6 Å². The number of hydrogen-bond donors (Lipinski definition) is 2. The first-order valence-corrected chi connectivity index (χ1v) is 5.37. The number of H-pyrrole nitrogens is 1. The number of benzene rings is 1. The van der Waals surface area contributed by atoms with E-state index in [1.54, 1.807) is 0 Å². The summed E-state index contributed by atoms with van der Waals surface area (Å²) in [5.41, 5.74) is -0.0872. The molecule has 1 heterocycles. The number of hydrogen-bond acceptors (Lipinski definition) is 3. The van der Waals surface area contributed by atoms with E-state index in [0.717, 1.165) is 12.1 Å². The third-order valence-electron chi connectivity index (χ3n) is 2.37. The molecule has 6 nitrogen and oxygen atoms in total. The van der Waals surface area contributed by atoms with E-state index in [2.05, 4.69) is 20.5 Å². The van der Waals surface area contributed by atoms with Crippen LogP contribution < -0.4 is 5.32 Å². The van der Waals surface area contributed by atoms with Crippen molar-refractivity contribution >= 4 is 11.7 Å². The van der Waals surface area contributed by atoms with Crippen LogP contribution in [0, 0.1) is 11.6 Å². The Bertz CT molecular complexity index is 572. The second-order valence-corrected chi connectivity index (χ2v) is 3.84. The molecule has 0 saturated carbocycles. The highest BCUT2D eigenvalue weighted by atomic mass is 19.1. The molecule has 0 aliphatic carbocycles. The molecule has 0 spiro atoms. The van der Waals surface area contributed by atoms with Gasteiger partial charge in [0.05, 0.1) is 12.2 Å². The van der Waals surface area contributed by atoms with Gasteiger partial charge in [0, 0.05) is 13.1 Å². The lowest BCUT2D eigenvalue weighted by atomic mass is 10.3. The van der Waals surface area contributed by atoms with Crippen molar-refractivity contribution in [3.05, 3.63) is 42.0 Å². The van der Waals surface area contributed by atoms with Gasteiger partial charge in [-0.3, -0.25) is 5.10 Å². The average molecular weight is 267 g/mol. The van der Waals surface area contributed by atoms with Crippen molar-refractivity contribution < 1.29 is 13.6 Å². The molecule has 0 fully saturated rings. The minimum atomic E-state index is -0.832. The number of amides is 2. The molecule has 100 valence electrons. The average Bonchev–Trinajstić information content (AvgIpc) is 2.85. The largest absolute Gasteiger partial charge is 0.322 e. The number of halogens is 2. The van der Waals surface area contributed by atoms with Crippen molar-refractivity contribution in [2.45, 2.75) is 6.54 Å². The van der Waals surface area contributed by atoms with Gasteiger partial charge in [-0.1, -0.05) is 0 Å². The Kier molecular flexibility index (Phi) is 3.69. The van der Waals surface area contributed by atoms with Crippen molar-refractivity contribution in [2.24, 2.45) is 0 Å². The number of aromatic amines is 1. The first-order chi connectivity index (χ1) is 9.06. The molecule has 0 radical (unpaired) electrons. The van der Waals surface area contributed by atoms with Gasteiger partial charge in [-0.25, -0.2) is 18.6 Å². The molecule has 1 aromatic heterocycles. The monoisotopic (exact) mass is 267 g/mol. The van der Waals surface area contributed by atoms with Gasteiger partial charge in [-0.2, -0.15) is 5.10 Å². The van der Waals surface area contributed by atoms with Gasteiger partial charge < -0.3 is 10.2 Å². The van der Waals surface area contributed by atoms with Crippen LogP contribution in [-0.4, -0.2) is 33.2 Å². The summed E-state index contributed by atoms with van der Waals surface area (Å²) in [6.07, 6.45) is 1.32. The summed E-state index contributed by atoms with van der Waals surface area (Å²) >= 11 is 0. The Morgan fingerprint density at radius 1 is 1.47 bits per heavy atom. The van der Waals surface area contributed by atoms with Gasteiger partial charge in [0.25, 0.3) is 0 Å². The standard InChI is InChI=1S/C11H11F2N5O/c1-18(5-10-14-6-15-17-10)11(19)16-9-3-2-7(12)4-8(9)13/h2-4,6H,5H2,1H3,(H,16,19)(H,14,15,17). The maximum atomic E-state index is 13.3. The first-order valence-electron chi connectivity index (χ1n) is 5.37. The van der Waals surface area contributed by atoms with Crippen LogP contribution in [0.15, 0.2) is 24.5 Å². The van der Waals surface area contributed by atoms with E-state index in [0.29, 0.717) is 11.9 Å². The van der Waals surface area contributed by atoms with Crippen molar-refractivity contribution in [1.29, 1.82) is 0 Å². The minimum Gasteiger partial charge on any atom is -0.320 e. The van der Waals surface area contributed by atoms with Crippen molar-refractivity contribution in [3.8, 4) is 0 Å². The van der Waals surface area contributed by atoms with Crippen LogP contribution >= 0.6 is 0 Å². The van der Waals surface area contributed by atoms with Crippen LogP contribution in [0.2, 0.25) is 0 Å². The SMILES string of the molecule is CN(Cc1ncn[nH]1)C(=O)Nc1ccc(F)cc1F. The fraction of sp³-hybridized carbons (Fsp3) is 0.182. The third-order valence-corrected chi connectivity index (χ3v) is 2.37. The highest BCUT2D eigenvalue weighted by Crippen LogP contribution is 2.15. The number of carbonyl (C=O) groups is 1. The zero-order valence-electron chi connectivity index (χ0n) is 10.0. The fourth-order valence-electron chi connectivity index (χ4n) is 1.40. The quantitative estimate of drug-likeness (QED) is 0.889. The van der Waals surface area contributed by atoms with Crippen LogP contribution in [0.4, 0.5) is 19.3 Å². The zero-order valence-corrected chi connectivity index (χ0v) is 10.0. The first kappa shape index (κ1) is 12.9. The van der Waals surface area contributed by atoms with E-state index in [4.69, 9.17) is 0 Å². The fourth-order valence-corrected chi connectivity index (χ4v) is 1.40. The van der Waals surface area contributed by atoms with Crippen LogP contribution in [0.25, 0.3) is 0 Å². The lowest BCUT2D eigenvalue weighted by molar-refractivity contribution is 0.219. The van der Waals surface area contributed by atoms with Gasteiger partial charge >= 0.3 is 6.03 Å². The van der Waals surface area contributed by atoms with Crippen LogP contribution in [-0.2, 0) is 6.54 Å². The molecular weight excluding hydrogens is 256 g/mol. The van der Waals surface area contributed by atoms with E-state index in [1.807, 2.05) is 0 Å². The number of anilines is 1. The smallest absolute Gasteiger partial charge is 0.320 e. The lowest BCUT2D eigenvalue weighted by Gasteiger charge is -2.16. The molecule has 8 heteroatoms. The van der Waals surface area contributed by atoms with Crippen molar-refractivity contribution in [3.63, 3.8) is 0 Å². The van der Waals surface area contributed by atoms with Crippen molar-refractivity contribution in [2.75, 3.05) is 12.4 Å². The number of aromatic nitrogens is 3. The van der Waals surface area contributed by atoms with E-state index >= 15 is 0 Å². The van der Waals surface area contributed by atoms with Gasteiger partial charge in [-0.15, -0.1) is 0 Å². The molecule has 0 aliphatic rings. The van der Waals surface area contributed by atoms with Gasteiger partial charge in [0.1, 0.15) is 23.8 Å². The number of nitrogens with zero attached hydrogens (tertiary/aromatic N) is 3. The molecule has 0 unspecified atom stereocenters. The Hall–Kier alpha value is -2.51. The van der Waals surface area contributed by atoms with Gasteiger partial charge in [0.2, 0.25) is 0 Å². The van der Waals surface area contributed by atoms with Crippen molar-refractivity contribution in [1.82, 2.24) is 20.1 Å². The topological polar surface area (TPSA) is 73.9 Å². The molecule has 2 amide bonds. The summed E-state index contributed by atoms with van der Waals surface area (Å²) in [5, 5.41) is 8.58. The maximum absolute atomic E-state index is 13.3. The third kappa shape index (κ3) is 3.24. The lowest BCUT2D eigenvalue weighted by Crippen LogP contribution is -2.31. The highest BCUT2D eigenvalue weighted by Gasteiger charge is 2.13. The number of rotatable bonds is 3. The van der Waals surface area contributed by atoms with E-state index in [1.165, 1.54) is 18.3 Å². The summed E-state index contributed by atoms with van der Waals surface area (Å²) in [5.74, 6) is -1.04. The summed E-state index contributed by atoms with van der Waals surface area (Å²) < 4.78 is 26.1. The van der Waals surface area contributed by atoms with E-state index < -0.39 is 17.7 Å². The second kappa shape index (κ2) is 5.42. The molecule has 2 aromatic rings. The molecule has 1 aromatic carbocycles. The number of carbonyl (C=O) groups excluding carboxylic acids is 1. The summed E-state index contributed by atoms with van der Waals surface area (Å²) in [6, 6.07) is 2.38. The molecule has 0 aliphatic heterocycles. The molecule has 19 heavy (non-hydrogen) atoms. The molecule has 0 bridgehead atoms. The number of urea groups is 1. The normalized spacial score (nSPS) is 10.3. The van der Waals surface area contributed by atoms with E-state index in [-0.39, 0.29) is 12.2 Å². The predicted molar refractivity (Wildman–Crippen MR) is 63.2 cm³/mol. The second-order valence-electron chi connectivity index (χ2n) is 3.84. The zero-order chi connectivity index (χ0) is 13.8. The molecule has 0 saturated heterocycles. The molecule has 0 atom stereocenters. The van der Waals surface area contributed by atoms with Crippen LogP contribution in [0.1, 0.15) is 5.82 Å². The Labute approximate surface area is 107 Å². The van der Waals surface area contributed by atoms with Gasteiger partial charge in [0.15, 0.2) is 0 Å². The minimum absolute atomic E-state index is 0.0872. The summed E-state index contributed by atoms with van der Waals surface area (Å²) in [4.78, 5) is 16.9. The van der Waals surface area contributed by atoms with Crippen LogP contribution in [0.3, 0.4) is 0 Å². The Morgan fingerprint density at radius 2 is 2.26 bits per heavy atom. The Balaban J connectivity index is 2.00. The maximum Gasteiger partial charge on any atom is 0.322 e. The Morgan fingerprint density at radius 3 is 2.89 bits per heavy atom. The predicted octanol–water partition coefficient (Wildman–Crippen LogP) is 1.75. The number of nitrogens with one attached hydrogen (secondary N) is 2.